The van der Waals surface area contributed by atoms with Crippen molar-refractivity contribution in [3.05, 3.63) is 47.3 Å². The number of hydrogen-bond acceptors (Lipinski definition) is 4. The van der Waals surface area contributed by atoms with Gasteiger partial charge in [0.05, 0.1) is 0 Å². The molecule has 1 aliphatic rings. The van der Waals surface area contributed by atoms with Crippen LogP contribution in [0.2, 0.25) is 0 Å². The van der Waals surface area contributed by atoms with Gasteiger partial charge >= 0.3 is 5.97 Å². The molecule has 1 atom stereocenters. The highest BCUT2D eigenvalue weighted by Crippen LogP contribution is 2.21. The summed E-state index contributed by atoms with van der Waals surface area (Å²) in [5.41, 5.74) is 1.81. The van der Waals surface area contributed by atoms with Gasteiger partial charge in [0.2, 0.25) is 0 Å². The lowest BCUT2D eigenvalue weighted by molar-refractivity contribution is -0.825. The number of ether oxygens (including phenoxy) is 1. The summed E-state index contributed by atoms with van der Waals surface area (Å²) in [6.07, 6.45) is 1.62. The largest absolute Gasteiger partial charge is 0.626 e. The molecule has 0 amide bonds. The standard InChI is InChI=1S/C13H16N2O3/c1-11(16)18-8-7-15(17)9-13(14-10-15)12-5-3-2-4-6-12/h2-6,9,14H,7-8,10H2,1H3. The van der Waals surface area contributed by atoms with Gasteiger partial charge in [-0.2, -0.15) is 0 Å². The Morgan fingerprint density at radius 1 is 1.44 bits per heavy atom. The maximum atomic E-state index is 12.3. The molecule has 0 spiro atoms. The monoisotopic (exact) mass is 248 g/mol. The summed E-state index contributed by atoms with van der Waals surface area (Å²) in [5, 5.41) is 15.4. The second-order valence-electron chi connectivity index (χ2n) is 4.26. The number of carbonyl (C=O) groups is 1. The van der Waals surface area contributed by atoms with Gasteiger partial charge in [-0.05, 0) is 0 Å². The summed E-state index contributed by atoms with van der Waals surface area (Å²) in [7, 11) is 0. The predicted molar refractivity (Wildman–Crippen MR) is 67.5 cm³/mol. The molecule has 18 heavy (non-hydrogen) atoms. The van der Waals surface area contributed by atoms with Crippen LogP contribution in [0.15, 0.2) is 36.5 Å². The molecule has 0 aliphatic carbocycles. The summed E-state index contributed by atoms with van der Waals surface area (Å²) < 4.78 is 4.28. The molecule has 0 radical (unpaired) electrons. The number of quaternary nitrogens is 1. The van der Waals surface area contributed by atoms with Crippen LogP contribution in [0.5, 0.6) is 0 Å². The van der Waals surface area contributed by atoms with E-state index in [2.05, 4.69) is 5.32 Å². The molecule has 1 aromatic rings. The quantitative estimate of drug-likeness (QED) is 0.497. The first-order valence-electron chi connectivity index (χ1n) is 5.82. The van der Waals surface area contributed by atoms with Crippen LogP contribution in [0.25, 0.3) is 5.70 Å². The Kier molecular flexibility index (Phi) is 3.64. The van der Waals surface area contributed by atoms with Gasteiger partial charge in [-0.15, -0.1) is 0 Å². The van der Waals surface area contributed by atoms with Crippen molar-refractivity contribution < 1.29 is 14.2 Å². The number of hydroxylamine groups is 3. The first-order valence-corrected chi connectivity index (χ1v) is 5.82. The van der Waals surface area contributed by atoms with Crippen molar-refractivity contribution in [2.45, 2.75) is 6.92 Å². The van der Waals surface area contributed by atoms with Gasteiger partial charge < -0.3 is 19.9 Å². The first-order chi connectivity index (χ1) is 8.59. The lowest BCUT2D eigenvalue weighted by Gasteiger charge is -2.34. The van der Waals surface area contributed by atoms with E-state index in [0.717, 1.165) is 11.3 Å². The van der Waals surface area contributed by atoms with Crippen molar-refractivity contribution in [3.63, 3.8) is 0 Å². The zero-order valence-corrected chi connectivity index (χ0v) is 10.3. The second-order valence-corrected chi connectivity index (χ2v) is 4.26. The van der Waals surface area contributed by atoms with Crippen LogP contribution in [-0.2, 0) is 9.53 Å². The summed E-state index contributed by atoms with van der Waals surface area (Å²) in [6.45, 7) is 1.97. The van der Waals surface area contributed by atoms with Gasteiger partial charge in [0, 0.05) is 12.5 Å². The zero-order chi connectivity index (χ0) is 13.0. The fourth-order valence-corrected chi connectivity index (χ4v) is 1.83. The molecule has 1 aliphatic heterocycles. The molecule has 2 rings (SSSR count). The summed E-state index contributed by atoms with van der Waals surface area (Å²) in [4.78, 5) is 10.6. The Morgan fingerprint density at radius 2 is 2.17 bits per heavy atom. The second kappa shape index (κ2) is 5.20. The first kappa shape index (κ1) is 12.6. The molecule has 1 aromatic carbocycles. The lowest BCUT2D eigenvalue weighted by Crippen LogP contribution is -2.40. The molecule has 96 valence electrons. The number of benzene rings is 1. The van der Waals surface area contributed by atoms with Crippen molar-refractivity contribution in [2.24, 2.45) is 0 Å². The van der Waals surface area contributed by atoms with E-state index in [-0.39, 0.29) is 25.8 Å². The van der Waals surface area contributed by atoms with Crippen LogP contribution >= 0.6 is 0 Å². The number of hydrogen-bond donors (Lipinski definition) is 1. The molecular weight excluding hydrogens is 232 g/mol. The lowest BCUT2D eigenvalue weighted by atomic mass is 10.2. The normalized spacial score (nSPS) is 22.2. The van der Waals surface area contributed by atoms with Crippen LogP contribution in [-0.4, -0.2) is 30.4 Å². The highest BCUT2D eigenvalue weighted by molar-refractivity contribution is 5.66. The van der Waals surface area contributed by atoms with Crippen molar-refractivity contribution in [1.29, 1.82) is 0 Å². The Morgan fingerprint density at radius 3 is 2.83 bits per heavy atom. The van der Waals surface area contributed by atoms with Crippen LogP contribution in [0, 0.1) is 5.21 Å². The molecule has 1 heterocycles. The van der Waals surface area contributed by atoms with E-state index in [9.17, 15) is 10.0 Å². The molecule has 0 saturated heterocycles. The van der Waals surface area contributed by atoms with E-state index in [1.165, 1.54) is 6.92 Å². The minimum absolute atomic E-state index is 0.138. The number of nitrogens with zero attached hydrogens (tertiary/aromatic N) is 1. The Balaban J connectivity index is 2.00. The molecule has 5 heteroatoms. The molecule has 0 bridgehead atoms. The van der Waals surface area contributed by atoms with Gasteiger partial charge in [0.15, 0.2) is 6.67 Å². The molecule has 0 saturated carbocycles. The molecular formula is C13H16N2O3. The van der Waals surface area contributed by atoms with Crippen LogP contribution < -0.4 is 5.32 Å². The van der Waals surface area contributed by atoms with Crippen LogP contribution in [0.4, 0.5) is 0 Å². The summed E-state index contributed by atoms with van der Waals surface area (Å²) in [5.74, 6) is -0.360. The molecule has 1 unspecified atom stereocenters. The number of carbonyl (C=O) groups excluding carboxylic acids is 1. The highest BCUT2D eigenvalue weighted by Gasteiger charge is 2.23. The molecule has 5 nitrogen and oxygen atoms in total. The van der Waals surface area contributed by atoms with Gasteiger partial charge in [-0.25, -0.2) is 0 Å². The Bertz CT molecular complexity index is 459. The highest BCUT2D eigenvalue weighted by atomic mass is 16.6. The maximum Gasteiger partial charge on any atom is 0.302 e. The Labute approximate surface area is 106 Å². The van der Waals surface area contributed by atoms with Crippen molar-refractivity contribution in [3.8, 4) is 0 Å². The topological polar surface area (TPSA) is 61.4 Å². The van der Waals surface area contributed by atoms with E-state index in [0.29, 0.717) is 0 Å². The van der Waals surface area contributed by atoms with E-state index < -0.39 is 4.65 Å². The maximum absolute atomic E-state index is 12.3. The fraction of sp³-hybridized carbons (Fsp3) is 0.308. The van der Waals surface area contributed by atoms with Crippen molar-refractivity contribution in [2.75, 3.05) is 19.8 Å². The van der Waals surface area contributed by atoms with E-state index >= 15 is 0 Å². The minimum Gasteiger partial charge on any atom is -0.626 e. The third-order valence-electron chi connectivity index (χ3n) is 2.76. The van der Waals surface area contributed by atoms with Gasteiger partial charge in [-0.1, -0.05) is 30.3 Å². The number of esters is 1. The predicted octanol–water partition coefficient (Wildman–Crippen LogP) is 1.42. The van der Waals surface area contributed by atoms with E-state index in [4.69, 9.17) is 4.74 Å². The van der Waals surface area contributed by atoms with Crippen LogP contribution in [0.1, 0.15) is 12.5 Å². The van der Waals surface area contributed by atoms with Gasteiger partial charge in [0.25, 0.3) is 0 Å². The number of rotatable bonds is 4. The van der Waals surface area contributed by atoms with Gasteiger partial charge in [-0.3, -0.25) is 4.79 Å². The fourth-order valence-electron chi connectivity index (χ4n) is 1.83. The van der Waals surface area contributed by atoms with Crippen molar-refractivity contribution in [1.82, 2.24) is 5.32 Å². The smallest absolute Gasteiger partial charge is 0.302 e. The molecule has 1 N–H and O–H groups in total. The van der Waals surface area contributed by atoms with Crippen LogP contribution in [0.3, 0.4) is 0 Å². The average molecular weight is 248 g/mol. The Hall–Kier alpha value is -1.85. The molecule has 0 aromatic heterocycles. The van der Waals surface area contributed by atoms with E-state index in [1.54, 1.807) is 6.20 Å². The van der Waals surface area contributed by atoms with Crippen molar-refractivity contribution >= 4 is 11.7 Å². The average Bonchev–Trinajstić information content (AvgIpc) is 2.73. The summed E-state index contributed by atoms with van der Waals surface area (Å²) >= 11 is 0. The zero-order valence-electron chi connectivity index (χ0n) is 10.3. The van der Waals surface area contributed by atoms with E-state index in [1.807, 2.05) is 30.3 Å². The van der Waals surface area contributed by atoms with Gasteiger partial charge in [0.1, 0.15) is 25.0 Å². The summed E-state index contributed by atoms with van der Waals surface area (Å²) in [6, 6.07) is 9.67. The number of nitrogens with one attached hydrogen (secondary N) is 1. The SMILES string of the molecule is CC(=O)OCC[N+]1([O-])C=C(c2ccccc2)NC1. The third kappa shape index (κ3) is 3.09. The third-order valence-corrected chi connectivity index (χ3v) is 2.76. The minimum atomic E-state index is -0.516. The molecule has 0 fully saturated rings.